The van der Waals surface area contributed by atoms with Crippen molar-refractivity contribution >= 4 is 35.2 Å². The zero-order chi connectivity index (χ0) is 15.5. The summed E-state index contributed by atoms with van der Waals surface area (Å²) in [5.41, 5.74) is 3.01. The summed E-state index contributed by atoms with van der Waals surface area (Å²) >= 11 is 13.1. The van der Waals surface area contributed by atoms with Crippen molar-refractivity contribution in [3.63, 3.8) is 0 Å². The molecule has 1 aromatic carbocycles. The molecule has 0 bridgehead atoms. The molecule has 22 heavy (non-hydrogen) atoms. The molecule has 2 aromatic rings. The predicted octanol–water partition coefficient (Wildman–Crippen LogP) is 3.66. The largest absolute Gasteiger partial charge is 0.294 e. The fourth-order valence-electron chi connectivity index (χ4n) is 2.82. The first-order valence-corrected chi connectivity index (χ1v) is 9.03. The molecule has 0 spiro atoms. The normalized spacial score (nSPS) is 18.5. The molecule has 2 heterocycles. The Bertz CT molecular complexity index is 676. The van der Waals surface area contributed by atoms with E-state index in [1.54, 1.807) is 5.51 Å². The van der Waals surface area contributed by atoms with E-state index in [2.05, 4.69) is 34.0 Å². The summed E-state index contributed by atoms with van der Waals surface area (Å²) in [6, 6.07) is 8.46. The molecule has 1 atom stereocenters. The minimum Gasteiger partial charge on any atom is -0.294 e. The van der Waals surface area contributed by atoms with Gasteiger partial charge in [-0.15, -0.1) is 0 Å². The van der Waals surface area contributed by atoms with Crippen LogP contribution in [0.4, 0.5) is 0 Å². The summed E-state index contributed by atoms with van der Waals surface area (Å²) in [6.07, 6.45) is 0. The molecular formula is C15H19ClN4S2. The number of hydrogen-bond donors (Lipinski definition) is 0. The van der Waals surface area contributed by atoms with Gasteiger partial charge in [0.15, 0.2) is 3.95 Å². The monoisotopic (exact) mass is 354 g/mol. The Kier molecular flexibility index (Phi) is 5.25. The van der Waals surface area contributed by atoms with Crippen molar-refractivity contribution in [2.75, 3.05) is 26.2 Å². The lowest BCUT2D eigenvalue weighted by Gasteiger charge is -2.38. The Morgan fingerprint density at radius 2 is 2.00 bits per heavy atom. The molecule has 1 aliphatic heterocycles. The number of aromatic nitrogens is 2. The standard InChI is InChI=1S/C15H19ClN4S2/c1-12(13-4-2-3-5-14(13)16)19-8-6-18(7-9-19)11-20-15(21)22-10-17-20/h2-5,10,12H,6-9,11H2,1H3/t12-/m1/s1. The highest BCUT2D eigenvalue weighted by atomic mass is 35.5. The molecule has 0 radical (unpaired) electrons. The van der Waals surface area contributed by atoms with E-state index in [1.165, 1.54) is 16.9 Å². The topological polar surface area (TPSA) is 24.3 Å². The average Bonchev–Trinajstić information content (AvgIpc) is 2.93. The van der Waals surface area contributed by atoms with Crippen molar-refractivity contribution in [1.82, 2.24) is 19.6 Å². The SMILES string of the molecule is C[C@H](c1ccccc1Cl)N1CCN(Cn2ncsc2=S)CC1. The Morgan fingerprint density at radius 1 is 1.27 bits per heavy atom. The highest BCUT2D eigenvalue weighted by molar-refractivity contribution is 7.73. The van der Waals surface area contributed by atoms with Crippen molar-refractivity contribution in [1.29, 1.82) is 0 Å². The van der Waals surface area contributed by atoms with Gasteiger partial charge in [0.25, 0.3) is 0 Å². The van der Waals surface area contributed by atoms with Crippen LogP contribution in [0.3, 0.4) is 0 Å². The van der Waals surface area contributed by atoms with Gasteiger partial charge in [-0.25, -0.2) is 4.68 Å². The fraction of sp³-hybridized carbons (Fsp3) is 0.467. The summed E-state index contributed by atoms with van der Waals surface area (Å²) < 4.78 is 2.74. The van der Waals surface area contributed by atoms with Crippen LogP contribution in [0.1, 0.15) is 18.5 Å². The summed E-state index contributed by atoms with van der Waals surface area (Å²) in [5.74, 6) is 0. The summed E-state index contributed by atoms with van der Waals surface area (Å²) in [6.45, 7) is 7.12. The van der Waals surface area contributed by atoms with E-state index in [4.69, 9.17) is 23.8 Å². The van der Waals surface area contributed by atoms with E-state index in [0.29, 0.717) is 6.04 Å². The quantitative estimate of drug-likeness (QED) is 0.782. The molecule has 1 saturated heterocycles. The van der Waals surface area contributed by atoms with Crippen molar-refractivity contribution in [2.24, 2.45) is 0 Å². The first-order chi connectivity index (χ1) is 10.6. The molecule has 0 N–H and O–H groups in total. The molecule has 118 valence electrons. The number of halogens is 1. The molecule has 1 fully saturated rings. The van der Waals surface area contributed by atoms with Crippen molar-refractivity contribution in [2.45, 2.75) is 19.6 Å². The molecule has 0 amide bonds. The van der Waals surface area contributed by atoms with Crippen LogP contribution in [0.5, 0.6) is 0 Å². The maximum Gasteiger partial charge on any atom is 0.180 e. The second-order valence-corrected chi connectivity index (χ2v) is 7.38. The van der Waals surface area contributed by atoms with Gasteiger partial charge in [-0.3, -0.25) is 9.80 Å². The molecule has 1 aromatic heterocycles. The lowest BCUT2D eigenvalue weighted by molar-refractivity contribution is 0.0791. The summed E-state index contributed by atoms with van der Waals surface area (Å²) in [4.78, 5) is 4.88. The zero-order valence-corrected chi connectivity index (χ0v) is 14.9. The molecule has 3 rings (SSSR count). The number of rotatable bonds is 4. The van der Waals surface area contributed by atoms with Crippen LogP contribution in [-0.4, -0.2) is 45.8 Å². The molecule has 4 nitrogen and oxygen atoms in total. The van der Waals surface area contributed by atoms with E-state index >= 15 is 0 Å². The van der Waals surface area contributed by atoms with Crippen LogP contribution < -0.4 is 0 Å². The van der Waals surface area contributed by atoms with E-state index in [-0.39, 0.29) is 0 Å². The van der Waals surface area contributed by atoms with Crippen LogP contribution in [0.15, 0.2) is 29.8 Å². The number of benzene rings is 1. The van der Waals surface area contributed by atoms with Gasteiger partial charge in [0, 0.05) is 37.2 Å². The third-order valence-corrected chi connectivity index (χ3v) is 5.65. The molecule has 1 aliphatic rings. The number of hydrogen-bond acceptors (Lipinski definition) is 5. The van der Waals surface area contributed by atoms with E-state index < -0.39 is 0 Å². The second kappa shape index (κ2) is 7.19. The Balaban J connectivity index is 1.59. The number of nitrogens with zero attached hydrogens (tertiary/aromatic N) is 4. The van der Waals surface area contributed by atoms with E-state index in [1.807, 2.05) is 16.8 Å². The second-order valence-electron chi connectivity index (χ2n) is 5.50. The number of piperazine rings is 1. The van der Waals surface area contributed by atoms with Gasteiger partial charge in [-0.1, -0.05) is 41.1 Å². The average molecular weight is 355 g/mol. The van der Waals surface area contributed by atoms with Gasteiger partial charge in [-0.2, -0.15) is 5.10 Å². The highest BCUT2D eigenvalue weighted by Crippen LogP contribution is 2.27. The molecule has 0 saturated carbocycles. The first-order valence-electron chi connectivity index (χ1n) is 7.36. The van der Waals surface area contributed by atoms with Gasteiger partial charge in [0.1, 0.15) is 5.51 Å². The van der Waals surface area contributed by atoms with Crippen LogP contribution >= 0.6 is 35.2 Å². The minimum atomic E-state index is 0.345. The fourth-order valence-corrected chi connectivity index (χ4v) is 3.83. The molecular weight excluding hydrogens is 336 g/mol. The smallest absolute Gasteiger partial charge is 0.180 e. The summed E-state index contributed by atoms with van der Waals surface area (Å²) in [5, 5.41) is 5.13. The maximum atomic E-state index is 6.32. The van der Waals surface area contributed by atoms with Crippen molar-refractivity contribution < 1.29 is 0 Å². The van der Waals surface area contributed by atoms with Gasteiger partial charge in [0.2, 0.25) is 0 Å². The molecule has 0 unspecified atom stereocenters. The van der Waals surface area contributed by atoms with Crippen LogP contribution in [0.2, 0.25) is 5.02 Å². The maximum absolute atomic E-state index is 6.32. The predicted molar refractivity (Wildman–Crippen MR) is 94.0 cm³/mol. The summed E-state index contributed by atoms with van der Waals surface area (Å²) in [7, 11) is 0. The lowest BCUT2D eigenvalue weighted by Crippen LogP contribution is -2.47. The first kappa shape index (κ1) is 16.1. The molecule has 0 aliphatic carbocycles. The third kappa shape index (κ3) is 3.58. The Morgan fingerprint density at radius 3 is 2.64 bits per heavy atom. The van der Waals surface area contributed by atoms with Gasteiger partial charge >= 0.3 is 0 Å². The Labute approximate surface area is 144 Å². The van der Waals surface area contributed by atoms with Crippen LogP contribution in [0.25, 0.3) is 0 Å². The van der Waals surface area contributed by atoms with Gasteiger partial charge < -0.3 is 0 Å². The highest BCUT2D eigenvalue weighted by Gasteiger charge is 2.23. The van der Waals surface area contributed by atoms with Gasteiger partial charge in [-0.05, 0) is 30.8 Å². The van der Waals surface area contributed by atoms with Crippen LogP contribution in [0, 0.1) is 3.95 Å². The van der Waals surface area contributed by atoms with E-state index in [9.17, 15) is 0 Å². The van der Waals surface area contributed by atoms with Gasteiger partial charge in [0.05, 0.1) is 6.67 Å². The zero-order valence-electron chi connectivity index (χ0n) is 12.5. The van der Waals surface area contributed by atoms with Crippen molar-refractivity contribution in [3.8, 4) is 0 Å². The minimum absolute atomic E-state index is 0.345. The van der Waals surface area contributed by atoms with E-state index in [0.717, 1.165) is 41.8 Å². The van der Waals surface area contributed by atoms with Crippen molar-refractivity contribution in [3.05, 3.63) is 44.3 Å². The van der Waals surface area contributed by atoms with Crippen LogP contribution in [-0.2, 0) is 6.67 Å². The lowest BCUT2D eigenvalue weighted by atomic mass is 10.1. The Hall–Kier alpha value is -0.790. The molecule has 7 heteroatoms. The third-order valence-electron chi connectivity index (χ3n) is 4.19.